The van der Waals surface area contributed by atoms with Gasteiger partial charge in [-0.1, -0.05) is 6.92 Å². The minimum atomic E-state index is -0.715. The molecule has 1 heterocycles. The lowest BCUT2D eigenvalue weighted by atomic mass is 9.87. The van der Waals surface area contributed by atoms with Crippen LogP contribution in [-0.2, 0) is 9.53 Å². The van der Waals surface area contributed by atoms with Crippen LogP contribution in [0.2, 0.25) is 0 Å². The minimum absolute atomic E-state index is 0.291. The Balaban J connectivity index is 2.84. The van der Waals surface area contributed by atoms with Crippen molar-refractivity contribution in [2.24, 2.45) is 0 Å². The number of rotatable bonds is 4. The van der Waals surface area contributed by atoms with E-state index < -0.39 is 11.5 Å². The number of hydrogen-bond acceptors (Lipinski definition) is 3. The number of hydrogen-bond donors (Lipinski definition) is 1. The second-order valence-corrected chi connectivity index (χ2v) is 4.32. The standard InChI is InChI=1S/C11H21NO3/c1-4-9(2)12(3)11(10(13)14)5-7-15-8-6-11/h9H,4-8H2,1-3H3,(H,13,14). The van der Waals surface area contributed by atoms with Crippen LogP contribution in [0.1, 0.15) is 33.1 Å². The molecule has 0 spiro atoms. The van der Waals surface area contributed by atoms with E-state index in [2.05, 4.69) is 13.8 Å². The van der Waals surface area contributed by atoms with Gasteiger partial charge in [-0.05, 0) is 33.2 Å². The van der Waals surface area contributed by atoms with Crippen LogP contribution < -0.4 is 0 Å². The summed E-state index contributed by atoms with van der Waals surface area (Å²) in [4.78, 5) is 13.4. The molecule has 0 aromatic heterocycles. The summed E-state index contributed by atoms with van der Waals surface area (Å²) in [5.74, 6) is -0.714. The van der Waals surface area contributed by atoms with Gasteiger partial charge in [0.15, 0.2) is 0 Å². The van der Waals surface area contributed by atoms with E-state index in [1.165, 1.54) is 0 Å². The van der Waals surface area contributed by atoms with E-state index in [0.29, 0.717) is 32.1 Å². The molecule has 1 aliphatic rings. The Morgan fingerprint density at radius 3 is 2.47 bits per heavy atom. The topological polar surface area (TPSA) is 49.8 Å². The molecule has 0 aliphatic carbocycles. The minimum Gasteiger partial charge on any atom is -0.480 e. The fourth-order valence-corrected chi connectivity index (χ4v) is 2.12. The third kappa shape index (κ3) is 2.32. The third-order valence-electron chi connectivity index (χ3n) is 3.65. The molecule has 1 aliphatic heterocycles. The van der Waals surface area contributed by atoms with Crippen molar-refractivity contribution in [3.05, 3.63) is 0 Å². The van der Waals surface area contributed by atoms with E-state index in [1.54, 1.807) is 0 Å². The first kappa shape index (κ1) is 12.5. The molecule has 1 N–H and O–H groups in total. The van der Waals surface area contributed by atoms with Crippen molar-refractivity contribution in [1.82, 2.24) is 4.90 Å². The third-order valence-corrected chi connectivity index (χ3v) is 3.65. The summed E-state index contributed by atoms with van der Waals surface area (Å²) in [6.07, 6.45) is 2.14. The maximum absolute atomic E-state index is 11.4. The Labute approximate surface area is 91.2 Å². The van der Waals surface area contributed by atoms with Crippen LogP contribution in [0.15, 0.2) is 0 Å². The van der Waals surface area contributed by atoms with Gasteiger partial charge in [0.1, 0.15) is 5.54 Å². The first-order valence-corrected chi connectivity index (χ1v) is 5.58. The molecule has 1 unspecified atom stereocenters. The molecule has 4 heteroatoms. The van der Waals surface area contributed by atoms with Crippen molar-refractivity contribution in [3.8, 4) is 0 Å². The molecule has 0 amide bonds. The van der Waals surface area contributed by atoms with Crippen molar-refractivity contribution in [2.45, 2.75) is 44.7 Å². The Morgan fingerprint density at radius 2 is 2.07 bits per heavy atom. The maximum atomic E-state index is 11.4. The van der Waals surface area contributed by atoms with Crippen LogP contribution in [0.4, 0.5) is 0 Å². The highest BCUT2D eigenvalue weighted by Gasteiger charge is 2.45. The maximum Gasteiger partial charge on any atom is 0.324 e. The predicted molar refractivity (Wildman–Crippen MR) is 57.9 cm³/mol. The van der Waals surface area contributed by atoms with Crippen LogP contribution in [0.25, 0.3) is 0 Å². The molecular formula is C11H21NO3. The van der Waals surface area contributed by atoms with Crippen molar-refractivity contribution in [1.29, 1.82) is 0 Å². The highest BCUT2D eigenvalue weighted by molar-refractivity contribution is 5.79. The van der Waals surface area contributed by atoms with Crippen LogP contribution in [0.3, 0.4) is 0 Å². The van der Waals surface area contributed by atoms with E-state index in [-0.39, 0.29) is 0 Å². The molecule has 15 heavy (non-hydrogen) atoms. The molecule has 0 saturated carbocycles. The van der Waals surface area contributed by atoms with Crippen molar-refractivity contribution < 1.29 is 14.6 Å². The van der Waals surface area contributed by atoms with Gasteiger partial charge >= 0.3 is 5.97 Å². The summed E-state index contributed by atoms with van der Waals surface area (Å²) in [6.45, 7) is 5.25. The monoisotopic (exact) mass is 215 g/mol. The molecule has 1 atom stereocenters. The van der Waals surface area contributed by atoms with Crippen molar-refractivity contribution >= 4 is 5.97 Å². The molecule has 0 bridgehead atoms. The molecular weight excluding hydrogens is 194 g/mol. The van der Waals surface area contributed by atoms with E-state index in [0.717, 1.165) is 6.42 Å². The number of carboxylic acids is 1. The van der Waals surface area contributed by atoms with Crippen LogP contribution in [-0.4, -0.2) is 47.8 Å². The lowest BCUT2D eigenvalue weighted by Crippen LogP contribution is -2.58. The van der Waals surface area contributed by atoms with E-state index >= 15 is 0 Å². The van der Waals surface area contributed by atoms with Gasteiger partial charge < -0.3 is 9.84 Å². The number of aliphatic carboxylic acids is 1. The average Bonchev–Trinajstić information content (AvgIpc) is 2.27. The summed E-state index contributed by atoms with van der Waals surface area (Å²) in [5, 5.41) is 9.41. The largest absolute Gasteiger partial charge is 0.480 e. The number of carboxylic acid groups (broad SMARTS) is 1. The van der Waals surface area contributed by atoms with Crippen molar-refractivity contribution in [2.75, 3.05) is 20.3 Å². The fourth-order valence-electron chi connectivity index (χ4n) is 2.12. The Morgan fingerprint density at radius 1 is 1.53 bits per heavy atom. The summed E-state index contributed by atoms with van der Waals surface area (Å²) in [7, 11) is 1.91. The lowest BCUT2D eigenvalue weighted by molar-refractivity contribution is -0.159. The first-order valence-electron chi connectivity index (χ1n) is 5.58. The molecule has 0 aromatic rings. The summed E-state index contributed by atoms with van der Waals surface area (Å²) >= 11 is 0. The molecule has 1 rings (SSSR count). The zero-order valence-corrected chi connectivity index (χ0v) is 9.82. The quantitative estimate of drug-likeness (QED) is 0.769. The molecule has 1 saturated heterocycles. The molecule has 0 radical (unpaired) electrons. The summed E-state index contributed by atoms with van der Waals surface area (Å²) in [6, 6.07) is 0.291. The SMILES string of the molecule is CCC(C)N(C)C1(C(=O)O)CCOCC1. The van der Waals surface area contributed by atoms with E-state index in [9.17, 15) is 9.90 Å². The van der Waals surface area contributed by atoms with Crippen molar-refractivity contribution in [3.63, 3.8) is 0 Å². The molecule has 4 nitrogen and oxygen atoms in total. The molecule has 0 aromatic carbocycles. The number of nitrogens with zero attached hydrogens (tertiary/aromatic N) is 1. The van der Waals surface area contributed by atoms with Gasteiger partial charge in [0.25, 0.3) is 0 Å². The number of likely N-dealkylation sites (N-methyl/N-ethyl adjacent to an activating group) is 1. The zero-order valence-electron chi connectivity index (χ0n) is 9.82. The second kappa shape index (κ2) is 4.94. The Hall–Kier alpha value is -0.610. The van der Waals surface area contributed by atoms with Gasteiger partial charge in [-0.25, -0.2) is 0 Å². The fraction of sp³-hybridized carbons (Fsp3) is 0.909. The van der Waals surface area contributed by atoms with E-state index in [4.69, 9.17) is 4.74 Å². The zero-order chi connectivity index (χ0) is 11.5. The Bertz CT molecular complexity index is 224. The van der Waals surface area contributed by atoms with Crippen LogP contribution in [0, 0.1) is 0 Å². The highest BCUT2D eigenvalue weighted by atomic mass is 16.5. The molecule has 1 fully saturated rings. The summed E-state index contributed by atoms with van der Waals surface area (Å²) < 4.78 is 5.25. The number of carbonyl (C=O) groups is 1. The summed E-state index contributed by atoms with van der Waals surface area (Å²) in [5.41, 5.74) is -0.715. The van der Waals surface area contributed by atoms with E-state index in [1.807, 2.05) is 11.9 Å². The van der Waals surface area contributed by atoms with Gasteiger partial charge in [0.05, 0.1) is 0 Å². The van der Waals surface area contributed by atoms with Gasteiger partial charge in [0.2, 0.25) is 0 Å². The average molecular weight is 215 g/mol. The van der Waals surface area contributed by atoms with Crippen LogP contribution in [0.5, 0.6) is 0 Å². The first-order chi connectivity index (χ1) is 7.04. The van der Waals surface area contributed by atoms with Gasteiger partial charge in [-0.2, -0.15) is 0 Å². The van der Waals surface area contributed by atoms with Crippen LogP contribution >= 0.6 is 0 Å². The number of ether oxygens (including phenoxy) is 1. The Kier molecular flexibility index (Phi) is 4.11. The second-order valence-electron chi connectivity index (χ2n) is 4.32. The van der Waals surface area contributed by atoms with Gasteiger partial charge in [-0.3, -0.25) is 9.69 Å². The van der Waals surface area contributed by atoms with Gasteiger partial charge in [-0.15, -0.1) is 0 Å². The smallest absolute Gasteiger partial charge is 0.324 e. The predicted octanol–water partition coefficient (Wildman–Crippen LogP) is 1.35. The lowest BCUT2D eigenvalue weighted by Gasteiger charge is -2.43. The molecule has 88 valence electrons. The normalized spacial score (nSPS) is 22.7. The van der Waals surface area contributed by atoms with Gasteiger partial charge in [0, 0.05) is 19.3 Å². The highest BCUT2D eigenvalue weighted by Crippen LogP contribution is 2.29.